The molecule has 0 fully saturated rings. The van der Waals surface area contributed by atoms with Crippen LogP contribution in [0, 0.1) is 0 Å². The second-order valence-electron chi connectivity index (χ2n) is 7.01. The highest BCUT2D eigenvalue weighted by atomic mass is 19.4. The lowest BCUT2D eigenvalue weighted by molar-refractivity contribution is -0.137. The summed E-state index contributed by atoms with van der Waals surface area (Å²) in [5, 5.41) is 8.41. The molecule has 0 bridgehead atoms. The number of para-hydroxylation sites is 1. The van der Waals surface area contributed by atoms with E-state index in [1.165, 1.54) is 12.3 Å². The molecule has 0 heterocycles. The first-order valence-corrected chi connectivity index (χ1v) is 10.1. The van der Waals surface area contributed by atoms with Gasteiger partial charge in [-0.15, -0.1) is 0 Å². The van der Waals surface area contributed by atoms with Crippen LogP contribution in [0.3, 0.4) is 0 Å². The number of carbonyl (C=O) groups is 3. The van der Waals surface area contributed by atoms with E-state index in [9.17, 15) is 27.6 Å². The number of rotatable bonds is 7. The molecule has 0 aliphatic carbocycles. The molecule has 0 aliphatic rings. The van der Waals surface area contributed by atoms with Gasteiger partial charge >= 0.3 is 18.0 Å². The Hall–Kier alpha value is -4.67. The maximum Gasteiger partial charge on any atom is 0.416 e. The summed E-state index contributed by atoms with van der Waals surface area (Å²) < 4.78 is 43.7. The van der Waals surface area contributed by atoms with E-state index in [1.807, 2.05) is 11.5 Å². The third kappa shape index (κ3) is 8.00. The van der Waals surface area contributed by atoms with Crippen molar-refractivity contribution in [3.63, 3.8) is 0 Å². The first-order chi connectivity index (χ1) is 16.7. The van der Waals surface area contributed by atoms with Gasteiger partial charge in [0.1, 0.15) is 5.75 Å². The van der Waals surface area contributed by atoms with Crippen LogP contribution in [-0.2, 0) is 20.6 Å². The average Bonchev–Trinajstić information content (AvgIpc) is 2.83. The van der Waals surface area contributed by atoms with Crippen molar-refractivity contribution in [2.45, 2.75) is 6.18 Å². The quantitative estimate of drug-likeness (QED) is 0.269. The normalized spacial score (nSPS) is 11.1. The summed E-state index contributed by atoms with van der Waals surface area (Å²) in [4.78, 5) is 35.8. The van der Waals surface area contributed by atoms with E-state index in [-0.39, 0.29) is 18.2 Å². The molecule has 11 heteroatoms. The summed E-state index contributed by atoms with van der Waals surface area (Å²) in [5.74, 6) is -2.35. The van der Waals surface area contributed by atoms with Crippen molar-refractivity contribution in [2.75, 3.05) is 17.2 Å². The van der Waals surface area contributed by atoms with E-state index >= 15 is 0 Å². The summed E-state index contributed by atoms with van der Waals surface area (Å²) in [5.41, 5.74) is 1.95. The Kier molecular flexibility index (Phi) is 8.17. The highest BCUT2D eigenvalue weighted by Gasteiger charge is 2.30. The molecule has 0 atom stereocenters. The Balaban J connectivity index is 1.49. The SMILES string of the molecule is O=C(COc1cccc(/C=N\NC(=O)C(=O)Nc2cccc(C(F)(F)F)c2)c1)Nc1ccccc1. The van der Waals surface area contributed by atoms with Crippen molar-refractivity contribution in [3.8, 4) is 5.75 Å². The minimum Gasteiger partial charge on any atom is -0.484 e. The molecule has 0 spiro atoms. The van der Waals surface area contributed by atoms with Crippen molar-refractivity contribution in [1.82, 2.24) is 5.43 Å². The third-order valence-corrected chi connectivity index (χ3v) is 4.32. The van der Waals surface area contributed by atoms with Crippen LogP contribution < -0.4 is 20.8 Å². The van der Waals surface area contributed by atoms with Gasteiger partial charge in [-0.2, -0.15) is 18.3 Å². The van der Waals surface area contributed by atoms with E-state index in [2.05, 4.69) is 15.7 Å². The van der Waals surface area contributed by atoms with Crippen molar-refractivity contribution in [3.05, 3.63) is 90.0 Å². The number of halogens is 3. The van der Waals surface area contributed by atoms with Crippen LogP contribution in [0.15, 0.2) is 84.0 Å². The predicted molar refractivity (Wildman–Crippen MR) is 123 cm³/mol. The monoisotopic (exact) mass is 484 g/mol. The summed E-state index contributed by atoms with van der Waals surface area (Å²) in [6.45, 7) is -0.234. The van der Waals surface area contributed by atoms with Gasteiger partial charge in [0.05, 0.1) is 11.8 Å². The van der Waals surface area contributed by atoms with E-state index in [0.717, 1.165) is 12.1 Å². The van der Waals surface area contributed by atoms with Crippen LogP contribution in [0.4, 0.5) is 24.5 Å². The molecule has 3 aromatic rings. The number of hydrogen-bond donors (Lipinski definition) is 3. The standard InChI is InChI=1S/C24H19F3N4O4/c25-24(26,27)17-7-5-10-19(13-17)30-22(33)23(34)31-28-14-16-6-4-11-20(12-16)35-15-21(32)29-18-8-2-1-3-9-18/h1-14H,15H2,(H,29,32)(H,30,33)(H,31,34)/b28-14-. The number of anilines is 2. The fourth-order valence-electron chi connectivity index (χ4n) is 2.73. The van der Waals surface area contributed by atoms with Gasteiger partial charge in [0.25, 0.3) is 5.91 Å². The minimum absolute atomic E-state index is 0.190. The molecule has 35 heavy (non-hydrogen) atoms. The largest absolute Gasteiger partial charge is 0.484 e. The molecule has 0 radical (unpaired) electrons. The zero-order chi connectivity index (χ0) is 25.3. The van der Waals surface area contributed by atoms with Crippen LogP contribution in [0.1, 0.15) is 11.1 Å². The van der Waals surface area contributed by atoms with Gasteiger partial charge in [0.2, 0.25) is 0 Å². The Morgan fingerprint density at radius 3 is 2.29 bits per heavy atom. The second-order valence-corrected chi connectivity index (χ2v) is 7.01. The number of hydrazone groups is 1. The van der Waals surface area contributed by atoms with E-state index in [0.29, 0.717) is 23.1 Å². The molecule has 3 rings (SSSR count). The number of amides is 3. The van der Waals surface area contributed by atoms with Crippen LogP contribution in [0.2, 0.25) is 0 Å². The molecule has 3 N–H and O–H groups in total. The fourth-order valence-corrected chi connectivity index (χ4v) is 2.73. The number of nitrogens with one attached hydrogen (secondary N) is 3. The molecule has 8 nitrogen and oxygen atoms in total. The average molecular weight is 484 g/mol. The zero-order valence-electron chi connectivity index (χ0n) is 18.0. The van der Waals surface area contributed by atoms with Crippen LogP contribution >= 0.6 is 0 Å². The highest BCUT2D eigenvalue weighted by Crippen LogP contribution is 2.30. The molecule has 0 aliphatic heterocycles. The van der Waals surface area contributed by atoms with Crippen LogP contribution in [0.25, 0.3) is 0 Å². The van der Waals surface area contributed by atoms with Crippen molar-refractivity contribution >= 4 is 35.3 Å². The minimum atomic E-state index is -4.59. The number of ether oxygens (including phenoxy) is 1. The summed E-state index contributed by atoms with van der Waals surface area (Å²) in [6.07, 6.45) is -3.36. The Labute approximate surface area is 197 Å². The molecule has 0 unspecified atom stereocenters. The van der Waals surface area contributed by atoms with Crippen molar-refractivity contribution in [1.29, 1.82) is 0 Å². The van der Waals surface area contributed by atoms with E-state index in [1.54, 1.807) is 48.5 Å². The van der Waals surface area contributed by atoms with E-state index in [4.69, 9.17) is 4.74 Å². The number of benzene rings is 3. The maximum absolute atomic E-state index is 12.8. The molecule has 0 saturated carbocycles. The van der Waals surface area contributed by atoms with Gasteiger partial charge in [-0.25, -0.2) is 5.43 Å². The predicted octanol–water partition coefficient (Wildman–Crippen LogP) is 3.81. The number of hydrogen-bond acceptors (Lipinski definition) is 5. The maximum atomic E-state index is 12.8. The van der Waals surface area contributed by atoms with Gasteiger partial charge in [-0.3, -0.25) is 14.4 Å². The molecule has 3 aromatic carbocycles. The number of alkyl halides is 3. The van der Waals surface area contributed by atoms with Crippen molar-refractivity contribution < 1.29 is 32.3 Å². The van der Waals surface area contributed by atoms with Crippen LogP contribution in [-0.4, -0.2) is 30.5 Å². The zero-order valence-corrected chi connectivity index (χ0v) is 18.0. The lowest BCUT2D eigenvalue weighted by Gasteiger charge is -2.09. The van der Waals surface area contributed by atoms with Crippen molar-refractivity contribution in [2.24, 2.45) is 5.10 Å². The molecule has 0 saturated heterocycles. The van der Waals surface area contributed by atoms with Gasteiger partial charge in [0, 0.05) is 11.4 Å². The third-order valence-electron chi connectivity index (χ3n) is 4.32. The lowest BCUT2D eigenvalue weighted by Crippen LogP contribution is -2.32. The Morgan fingerprint density at radius 1 is 0.829 bits per heavy atom. The van der Waals surface area contributed by atoms with Gasteiger partial charge < -0.3 is 15.4 Å². The molecule has 3 amide bonds. The highest BCUT2D eigenvalue weighted by molar-refractivity contribution is 6.39. The number of carbonyl (C=O) groups excluding carboxylic acids is 3. The topological polar surface area (TPSA) is 109 Å². The van der Waals surface area contributed by atoms with E-state index < -0.39 is 23.6 Å². The van der Waals surface area contributed by atoms with Gasteiger partial charge in [-0.1, -0.05) is 36.4 Å². The first kappa shape index (κ1) is 25.0. The summed E-state index contributed by atoms with van der Waals surface area (Å²) in [7, 11) is 0. The van der Waals surface area contributed by atoms with Gasteiger partial charge in [-0.05, 0) is 48.0 Å². The second kappa shape index (κ2) is 11.5. The smallest absolute Gasteiger partial charge is 0.416 e. The molecular formula is C24H19F3N4O4. The number of nitrogens with zero attached hydrogens (tertiary/aromatic N) is 1. The molecule has 180 valence electrons. The summed E-state index contributed by atoms with van der Waals surface area (Å²) in [6, 6.07) is 19.2. The Morgan fingerprint density at radius 2 is 1.54 bits per heavy atom. The Bertz CT molecular complexity index is 1230. The summed E-state index contributed by atoms with van der Waals surface area (Å²) >= 11 is 0. The fraction of sp³-hybridized carbons (Fsp3) is 0.0833. The van der Waals surface area contributed by atoms with Crippen LogP contribution in [0.5, 0.6) is 5.75 Å². The first-order valence-electron chi connectivity index (χ1n) is 10.1. The lowest BCUT2D eigenvalue weighted by atomic mass is 10.2. The molecule has 0 aromatic heterocycles. The molecular weight excluding hydrogens is 465 g/mol. The van der Waals surface area contributed by atoms with Gasteiger partial charge in [0.15, 0.2) is 6.61 Å².